The molecule has 0 aliphatic carbocycles. The second kappa shape index (κ2) is 7.47. The standard InChI is InChI=1S/C19H24FN3/c20-18-10-9-17(22-16-7-5-15(14-21)6-8-16)13-19(18)23-11-3-1-2-4-12-23/h5-10,13,22H,1-4,11-12,14,21H2. The molecule has 0 amide bonds. The van der Waals surface area contributed by atoms with Crippen molar-refractivity contribution in [2.45, 2.75) is 32.2 Å². The normalized spacial score (nSPS) is 15.3. The van der Waals surface area contributed by atoms with E-state index < -0.39 is 0 Å². The van der Waals surface area contributed by atoms with Gasteiger partial charge < -0.3 is 16.0 Å². The average Bonchev–Trinajstić information content (AvgIpc) is 2.86. The molecule has 0 aromatic heterocycles. The molecular formula is C19H24FN3. The number of nitrogens with one attached hydrogen (secondary N) is 1. The van der Waals surface area contributed by atoms with Crippen molar-refractivity contribution >= 4 is 17.1 Å². The van der Waals surface area contributed by atoms with Crippen molar-refractivity contribution in [1.29, 1.82) is 0 Å². The van der Waals surface area contributed by atoms with E-state index in [1.165, 1.54) is 12.8 Å². The van der Waals surface area contributed by atoms with Gasteiger partial charge in [-0.05, 0) is 48.7 Å². The molecule has 1 aliphatic heterocycles. The number of halogens is 1. The zero-order valence-corrected chi connectivity index (χ0v) is 13.4. The van der Waals surface area contributed by atoms with Crippen molar-refractivity contribution in [3.8, 4) is 0 Å². The highest BCUT2D eigenvalue weighted by atomic mass is 19.1. The molecule has 0 spiro atoms. The Kier molecular flexibility index (Phi) is 5.13. The Labute approximate surface area is 137 Å². The minimum absolute atomic E-state index is 0.143. The maximum Gasteiger partial charge on any atom is 0.146 e. The number of nitrogens with zero attached hydrogens (tertiary/aromatic N) is 1. The highest BCUT2D eigenvalue weighted by molar-refractivity contribution is 5.65. The molecule has 1 heterocycles. The van der Waals surface area contributed by atoms with Crippen molar-refractivity contribution in [3.63, 3.8) is 0 Å². The molecule has 3 rings (SSSR count). The molecular weight excluding hydrogens is 289 g/mol. The van der Waals surface area contributed by atoms with Gasteiger partial charge in [0.05, 0.1) is 5.69 Å². The van der Waals surface area contributed by atoms with Crippen LogP contribution in [0.3, 0.4) is 0 Å². The van der Waals surface area contributed by atoms with Crippen LogP contribution in [0, 0.1) is 5.82 Å². The van der Waals surface area contributed by atoms with Crippen molar-refractivity contribution in [1.82, 2.24) is 0 Å². The van der Waals surface area contributed by atoms with Crippen LogP contribution >= 0.6 is 0 Å². The van der Waals surface area contributed by atoms with Crippen LogP contribution in [-0.2, 0) is 6.54 Å². The first kappa shape index (κ1) is 15.8. The van der Waals surface area contributed by atoms with Crippen LogP contribution in [0.25, 0.3) is 0 Å². The maximum atomic E-state index is 14.2. The van der Waals surface area contributed by atoms with Gasteiger partial charge in [0.25, 0.3) is 0 Å². The number of rotatable bonds is 4. The summed E-state index contributed by atoms with van der Waals surface area (Å²) < 4.78 is 14.2. The van der Waals surface area contributed by atoms with Gasteiger partial charge in [-0.2, -0.15) is 0 Å². The van der Waals surface area contributed by atoms with E-state index in [9.17, 15) is 4.39 Å². The van der Waals surface area contributed by atoms with Crippen LogP contribution in [0.5, 0.6) is 0 Å². The summed E-state index contributed by atoms with van der Waals surface area (Å²) in [4.78, 5) is 2.17. The summed E-state index contributed by atoms with van der Waals surface area (Å²) in [6.07, 6.45) is 4.75. The predicted octanol–water partition coefficient (Wildman–Crippen LogP) is 4.41. The van der Waals surface area contributed by atoms with E-state index in [1.807, 2.05) is 30.3 Å². The number of hydrogen-bond donors (Lipinski definition) is 2. The summed E-state index contributed by atoms with van der Waals surface area (Å²) in [6.45, 7) is 2.41. The van der Waals surface area contributed by atoms with E-state index in [0.717, 1.165) is 42.9 Å². The first-order valence-electron chi connectivity index (χ1n) is 8.37. The minimum atomic E-state index is -0.143. The lowest BCUT2D eigenvalue weighted by Gasteiger charge is -2.24. The van der Waals surface area contributed by atoms with Crippen LogP contribution in [-0.4, -0.2) is 13.1 Å². The van der Waals surface area contributed by atoms with Crippen LogP contribution in [0.15, 0.2) is 42.5 Å². The molecule has 2 aromatic rings. The van der Waals surface area contributed by atoms with Crippen molar-refractivity contribution in [2.75, 3.05) is 23.3 Å². The summed E-state index contributed by atoms with van der Waals surface area (Å²) in [5.74, 6) is -0.143. The third-order valence-electron chi connectivity index (χ3n) is 4.37. The number of benzene rings is 2. The molecule has 0 bridgehead atoms. The fourth-order valence-electron chi connectivity index (χ4n) is 3.04. The van der Waals surface area contributed by atoms with Crippen molar-refractivity contribution < 1.29 is 4.39 Å². The Morgan fingerprint density at radius 2 is 1.57 bits per heavy atom. The van der Waals surface area contributed by atoms with Crippen LogP contribution in [0.1, 0.15) is 31.2 Å². The molecule has 1 fully saturated rings. The molecule has 122 valence electrons. The Morgan fingerprint density at radius 3 is 2.22 bits per heavy atom. The summed E-state index contributed by atoms with van der Waals surface area (Å²) in [6, 6.07) is 13.2. The minimum Gasteiger partial charge on any atom is -0.369 e. The summed E-state index contributed by atoms with van der Waals surface area (Å²) in [5.41, 5.74) is 9.31. The fourth-order valence-corrected chi connectivity index (χ4v) is 3.04. The molecule has 0 saturated carbocycles. The quantitative estimate of drug-likeness (QED) is 0.878. The van der Waals surface area contributed by atoms with Crippen molar-refractivity contribution in [2.24, 2.45) is 5.73 Å². The van der Waals surface area contributed by atoms with Gasteiger partial charge in [0.15, 0.2) is 0 Å². The maximum absolute atomic E-state index is 14.2. The third-order valence-corrected chi connectivity index (χ3v) is 4.37. The number of anilines is 3. The monoisotopic (exact) mass is 313 g/mol. The lowest BCUT2D eigenvalue weighted by atomic mass is 10.2. The first-order chi connectivity index (χ1) is 11.3. The summed E-state index contributed by atoms with van der Waals surface area (Å²) in [7, 11) is 0. The average molecular weight is 313 g/mol. The summed E-state index contributed by atoms with van der Waals surface area (Å²) >= 11 is 0. The van der Waals surface area contributed by atoms with Crippen molar-refractivity contribution in [3.05, 3.63) is 53.8 Å². The van der Waals surface area contributed by atoms with E-state index in [0.29, 0.717) is 12.2 Å². The fraction of sp³-hybridized carbons (Fsp3) is 0.368. The zero-order chi connectivity index (χ0) is 16.1. The smallest absolute Gasteiger partial charge is 0.146 e. The Bertz CT molecular complexity index is 632. The third kappa shape index (κ3) is 4.02. The second-order valence-corrected chi connectivity index (χ2v) is 6.09. The largest absolute Gasteiger partial charge is 0.369 e. The molecule has 3 nitrogen and oxygen atoms in total. The van der Waals surface area contributed by atoms with Gasteiger partial charge in [0.1, 0.15) is 5.82 Å². The van der Waals surface area contributed by atoms with Crippen LogP contribution in [0.4, 0.5) is 21.5 Å². The second-order valence-electron chi connectivity index (χ2n) is 6.09. The van der Waals surface area contributed by atoms with Crippen LogP contribution in [0.2, 0.25) is 0 Å². The molecule has 23 heavy (non-hydrogen) atoms. The highest BCUT2D eigenvalue weighted by Crippen LogP contribution is 2.28. The van der Waals surface area contributed by atoms with E-state index >= 15 is 0 Å². The van der Waals surface area contributed by atoms with Crippen LogP contribution < -0.4 is 16.0 Å². The van der Waals surface area contributed by atoms with E-state index in [2.05, 4.69) is 10.2 Å². The molecule has 3 N–H and O–H groups in total. The Balaban J connectivity index is 1.78. The van der Waals surface area contributed by atoms with E-state index in [-0.39, 0.29) is 5.82 Å². The van der Waals surface area contributed by atoms with Gasteiger partial charge in [-0.3, -0.25) is 0 Å². The number of nitrogens with two attached hydrogens (primary N) is 1. The lowest BCUT2D eigenvalue weighted by Crippen LogP contribution is -2.24. The van der Waals surface area contributed by atoms with Gasteiger partial charge >= 0.3 is 0 Å². The highest BCUT2D eigenvalue weighted by Gasteiger charge is 2.14. The van der Waals surface area contributed by atoms with E-state index in [1.54, 1.807) is 12.1 Å². The molecule has 4 heteroatoms. The number of hydrogen-bond acceptors (Lipinski definition) is 3. The van der Waals surface area contributed by atoms with Gasteiger partial charge in [0, 0.05) is 31.0 Å². The topological polar surface area (TPSA) is 41.3 Å². The van der Waals surface area contributed by atoms with Gasteiger partial charge in [0.2, 0.25) is 0 Å². The molecule has 1 saturated heterocycles. The SMILES string of the molecule is NCc1ccc(Nc2ccc(F)c(N3CCCCCC3)c2)cc1. The first-order valence-corrected chi connectivity index (χ1v) is 8.37. The van der Waals surface area contributed by atoms with Gasteiger partial charge in [-0.15, -0.1) is 0 Å². The van der Waals surface area contributed by atoms with Gasteiger partial charge in [-0.25, -0.2) is 4.39 Å². The summed E-state index contributed by atoms with van der Waals surface area (Å²) in [5, 5.41) is 3.34. The predicted molar refractivity (Wildman–Crippen MR) is 94.7 cm³/mol. The Hall–Kier alpha value is -2.07. The molecule has 0 unspecified atom stereocenters. The van der Waals surface area contributed by atoms with Gasteiger partial charge in [-0.1, -0.05) is 25.0 Å². The molecule has 0 radical (unpaired) electrons. The lowest BCUT2D eigenvalue weighted by molar-refractivity contribution is 0.617. The molecule has 1 aliphatic rings. The molecule has 2 aromatic carbocycles. The van der Waals surface area contributed by atoms with E-state index in [4.69, 9.17) is 5.73 Å². The Morgan fingerprint density at radius 1 is 0.913 bits per heavy atom. The molecule has 0 atom stereocenters. The zero-order valence-electron chi connectivity index (χ0n) is 13.4.